The van der Waals surface area contributed by atoms with E-state index in [4.69, 9.17) is 4.74 Å². The summed E-state index contributed by atoms with van der Waals surface area (Å²) in [5.74, 6) is 0.566. The molecule has 0 aliphatic heterocycles. The van der Waals surface area contributed by atoms with E-state index < -0.39 is 0 Å². The second kappa shape index (κ2) is 7.70. The lowest BCUT2D eigenvalue weighted by Gasteiger charge is -2.09. The van der Waals surface area contributed by atoms with Crippen LogP contribution in [0, 0.1) is 13.8 Å². The Labute approximate surface area is 153 Å². The third-order valence-electron chi connectivity index (χ3n) is 4.14. The van der Waals surface area contributed by atoms with E-state index in [1.54, 1.807) is 19.4 Å². The van der Waals surface area contributed by atoms with Gasteiger partial charge >= 0.3 is 0 Å². The van der Waals surface area contributed by atoms with Gasteiger partial charge in [-0.3, -0.25) is 4.79 Å². The minimum absolute atomic E-state index is 0.232. The first kappa shape index (κ1) is 17.5. The van der Waals surface area contributed by atoms with Crippen molar-refractivity contribution in [3.63, 3.8) is 0 Å². The van der Waals surface area contributed by atoms with Gasteiger partial charge in [0.15, 0.2) is 0 Å². The van der Waals surface area contributed by atoms with Crippen LogP contribution in [0.25, 0.3) is 0 Å². The van der Waals surface area contributed by atoms with Crippen molar-refractivity contribution in [3.8, 4) is 5.75 Å². The summed E-state index contributed by atoms with van der Waals surface area (Å²) in [6.07, 6.45) is 1.64. The van der Waals surface area contributed by atoms with E-state index in [1.165, 1.54) is 5.56 Å². The van der Waals surface area contributed by atoms with Gasteiger partial charge in [-0.15, -0.1) is 0 Å². The van der Waals surface area contributed by atoms with E-state index in [0.29, 0.717) is 5.69 Å². The van der Waals surface area contributed by atoms with E-state index in [2.05, 4.69) is 15.6 Å². The van der Waals surface area contributed by atoms with Crippen molar-refractivity contribution in [2.45, 2.75) is 13.8 Å². The number of hydrogen-bond donors (Lipinski definition) is 2. The predicted octanol–water partition coefficient (Wildman–Crippen LogP) is 4.70. The number of aromatic nitrogens is 1. The summed E-state index contributed by atoms with van der Waals surface area (Å²) in [7, 11) is 1.63. The predicted molar refractivity (Wildman–Crippen MR) is 104 cm³/mol. The topological polar surface area (TPSA) is 63.2 Å². The van der Waals surface area contributed by atoms with Gasteiger partial charge in [0.2, 0.25) is 0 Å². The SMILES string of the molecule is COc1ccc(Nc2ccc(C(=O)Nc3ccc(C)c(C)c3)nc2)cc1. The van der Waals surface area contributed by atoms with Gasteiger partial charge in [0.1, 0.15) is 11.4 Å². The summed E-state index contributed by atoms with van der Waals surface area (Å²) in [5, 5.41) is 6.11. The molecule has 3 aromatic rings. The highest BCUT2D eigenvalue weighted by atomic mass is 16.5. The quantitative estimate of drug-likeness (QED) is 0.702. The number of carbonyl (C=O) groups excluding carboxylic acids is 1. The standard InChI is InChI=1S/C21H21N3O2/c1-14-4-5-17(12-15(14)2)24-21(25)20-11-8-18(13-22-20)23-16-6-9-19(26-3)10-7-16/h4-13,23H,1-3H3,(H,24,25). The van der Waals surface area contributed by atoms with Crippen molar-refractivity contribution >= 4 is 23.0 Å². The van der Waals surface area contributed by atoms with Crippen LogP contribution in [-0.4, -0.2) is 18.0 Å². The molecule has 0 aliphatic rings. The van der Waals surface area contributed by atoms with Crippen LogP contribution in [0.15, 0.2) is 60.8 Å². The van der Waals surface area contributed by atoms with Crippen molar-refractivity contribution in [1.29, 1.82) is 0 Å². The lowest BCUT2D eigenvalue weighted by molar-refractivity contribution is 0.102. The number of methoxy groups -OCH3 is 1. The fourth-order valence-electron chi connectivity index (χ4n) is 2.46. The molecule has 132 valence electrons. The van der Waals surface area contributed by atoms with Gasteiger partial charge in [-0.1, -0.05) is 6.07 Å². The van der Waals surface area contributed by atoms with E-state index >= 15 is 0 Å². The van der Waals surface area contributed by atoms with Crippen LogP contribution in [0.4, 0.5) is 17.1 Å². The summed E-state index contributed by atoms with van der Waals surface area (Å²) in [6.45, 7) is 4.06. The Bertz CT molecular complexity index is 904. The molecule has 5 heteroatoms. The first-order valence-corrected chi connectivity index (χ1v) is 8.31. The zero-order valence-corrected chi connectivity index (χ0v) is 15.0. The maximum absolute atomic E-state index is 12.3. The largest absolute Gasteiger partial charge is 0.497 e. The molecule has 26 heavy (non-hydrogen) atoms. The molecule has 0 saturated heterocycles. The van der Waals surface area contributed by atoms with Crippen LogP contribution >= 0.6 is 0 Å². The molecule has 2 aromatic carbocycles. The Morgan fingerprint density at radius 2 is 1.58 bits per heavy atom. The number of nitrogens with zero attached hydrogens (tertiary/aromatic N) is 1. The van der Waals surface area contributed by atoms with Gasteiger partial charge in [0.25, 0.3) is 5.91 Å². The molecular weight excluding hydrogens is 326 g/mol. The molecule has 0 fully saturated rings. The highest BCUT2D eigenvalue weighted by molar-refractivity contribution is 6.03. The first-order chi connectivity index (χ1) is 12.5. The van der Waals surface area contributed by atoms with Gasteiger partial charge in [-0.05, 0) is 73.5 Å². The lowest BCUT2D eigenvalue weighted by atomic mass is 10.1. The van der Waals surface area contributed by atoms with Crippen molar-refractivity contribution < 1.29 is 9.53 Å². The van der Waals surface area contributed by atoms with Crippen LogP contribution in [-0.2, 0) is 0 Å². The zero-order valence-electron chi connectivity index (χ0n) is 15.0. The molecule has 2 N–H and O–H groups in total. The van der Waals surface area contributed by atoms with E-state index in [1.807, 2.05) is 62.4 Å². The Hall–Kier alpha value is -3.34. The maximum Gasteiger partial charge on any atom is 0.274 e. The Balaban J connectivity index is 1.66. The fourth-order valence-corrected chi connectivity index (χ4v) is 2.46. The number of rotatable bonds is 5. The number of carbonyl (C=O) groups is 1. The smallest absolute Gasteiger partial charge is 0.274 e. The molecule has 0 aliphatic carbocycles. The summed E-state index contributed by atoms with van der Waals surface area (Å²) in [5.41, 5.74) is 5.17. The third kappa shape index (κ3) is 4.19. The van der Waals surface area contributed by atoms with Crippen molar-refractivity contribution in [2.24, 2.45) is 0 Å². The van der Waals surface area contributed by atoms with E-state index in [0.717, 1.165) is 28.4 Å². The summed E-state index contributed by atoms with van der Waals surface area (Å²) in [4.78, 5) is 16.6. The van der Waals surface area contributed by atoms with Crippen LogP contribution in [0.3, 0.4) is 0 Å². The second-order valence-corrected chi connectivity index (χ2v) is 6.04. The average molecular weight is 347 g/mol. The number of amides is 1. The number of ether oxygens (including phenoxy) is 1. The second-order valence-electron chi connectivity index (χ2n) is 6.04. The number of aryl methyl sites for hydroxylation is 2. The zero-order chi connectivity index (χ0) is 18.5. The normalized spacial score (nSPS) is 10.3. The third-order valence-corrected chi connectivity index (χ3v) is 4.14. The van der Waals surface area contributed by atoms with Crippen molar-refractivity contribution in [3.05, 3.63) is 77.6 Å². The molecule has 1 aromatic heterocycles. The molecule has 0 radical (unpaired) electrons. The number of pyridine rings is 1. The molecule has 0 unspecified atom stereocenters. The molecule has 1 heterocycles. The van der Waals surface area contributed by atoms with Gasteiger partial charge < -0.3 is 15.4 Å². The Kier molecular flexibility index (Phi) is 5.17. The minimum Gasteiger partial charge on any atom is -0.497 e. The molecule has 0 saturated carbocycles. The lowest BCUT2D eigenvalue weighted by Crippen LogP contribution is -2.13. The fraction of sp³-hybridized carbons (Fsp3) is 0.143. The Morgan fingerprint density at radius 1 is 0.885 bits per heavy atom. The highest BCUT2D eigenvalue weighted by Crippen LogP contribution is 2.20. The summed E-state index contributed by atoms with van der Waals surface area (Å²) >= 11 is 0. The van der Waals surface area contributed by atoms with Gasteiger partial charge in [-0.25, -0.2) is 4.98 Å². The van der Waals surface area contributed by atoms with Gasteiger partial charge in [-0.2, -0.15) is 0 Å². The summed E-state index contributed by atoms with van der Waals surface area (Å²) in [6, 6.07) is 16.9. The van der Waals surface area contributed by atoms with E-state index in [-0.39, 0.29) is 5.91 Å². The van der Waals surface area contributed by atoms with E-state index in [9.17, 15) is 4.79 Å². The van der Waals surface area contributed by atoms with Crippen LogP contribution < -0.4 is 15.4 Å². The summed E-state index contributed by atoms with van der Waals surface area (Å²) < 4.78 is 5.14. The highest BCUT2D eigenvalue weighted by Gasteiger charge is 2.08. The molecule has 0 atom stereocenters. The van der Waals surface area contributed by atoms with Crippen LogP contribution in [0.2, 0.25) is 0 Å². The Morgan fingerprint density at radius 3 is 2.19 bits per heavy atom. The number of anilines is 3. The molecular formula is C21H21N3O2. The molecule has 5 nitrogen and oxygen atoms in total. The molecule has 3 rings (SSSR count). The molecule has 0 bridgehead atoms. The van der Waals surface area contributed by atoms with Gasteiger partial charge in [0, 0.05) is 11.4 Å². The number of hydrogen-bond acceptors (Lipinski definition) is 4. The van der Waals surface area contributed by atoms with Crippen molar-refractivity contribution in [1.82, 2.24) is 4.98 Å². The van der Waals surface area contributed by atoms with Crippen LogP contribution in [0.1, 0.15) is 21.6 Å². The first-order valence-electron chi connectivity index (χ1n) is 8.31. The van der Waals surface area contributed by atoms with Crippen LogP contribution in [0.5, 0.6) is 5.75 Å². The maximum atomic E-state index is 12.3. The number of benzene rings is 2. The molecule has 1 amide bonds. The minimum atomic E-state index is -0.232. The number of nitrogens with one attached hydrogen (secondary N) is 2. The van der Waals surface area contributed by atoms with Crippen molar-refractivity contribution in [2.75, 3.05) is 17.7 Å². The van der Waals surface area contributed by atoms with Gasteiger partial charge in [0.05, 0.1) is 19.0 Å². The monoisotopic (exact) mass is 347 g/mol. The molecule has 0 spiro atoms. The average Bonchev–Trinajstić information content (AvgIpc) is 2.66.